The molecule has 0 atom stereocenters. The molecule has 0 spiro atoms. The Morgan fingerprint density at radius 1 is 0.909 bits per heavy atom. The molecule has 2 heterocycles. The number of amides is 7. The fourth-order valence-electron chi connectivity index (χ4n) is 3.56. The second kappa shape index (κ2) is 8.19. The predicted octanol–water partition coefficient (Wildman–Crippen LogP) is 1.24. The van der Waals surface area contributed by atoms with Crippen LogP contribution < -0.4 is 15.0 Å². The average Bonchev–Trinajstić information content (AvgIpc) is 3.14. The molecule has 1 saturated heterocycles. The zero-order chi connectivity index (χ0) is 23.9. The summed E-state index contributed by atoms with van der Waals surface area (Å²) in [5, 5.41) is 2.47. The van der Waals surface area contributed by atoms with Crippen molar-refractivity contribution in [1.29, 1.82) is 0 Å². The summed E-state index contributed by atoms with van der Waals surface area (Å²) in [6.45, 7) is 1.28. The van der Waals surface area contributed by atoms with Gasteiger partial charge in [-0.05, 0) is 37.3 Å². The Bertz CT molecular complexity index is 1240. The first kappa shape index (κ1) is 21.7. The van der Waals surface area contributed by atoms with Crippen LogP contribution in [0.15, 0.2) is 42.5 Å². The summed E-state index contributed by atoms with van der Waals surface area (Å²) in [7, 11) is 1.35. The number of nitrogens with zero attached hydrogens (tertiary/aromatic N) is 3. The lowest BCUT2D eigenvalue weighted by Gasteiger charge is -2.18. The number of benzene rings is 2. The average molecular weight is 450 g/mol. The molecule has 7 amide bonds. The monoisotopic (exact) mass is 450 g/mol. The van der Waals surface area contributed by atoms with E-state index in [1.807, 2.05) is 0 Å². The van der Waals surface area contributed by atoms with Gasteiger partial charge in [-0.2, -0.15) is 0 Å². The van der Waals surface area contributed by atoms with Crippen LogP contribution in [0.2, 0.25) is 0 Å². The molecule has 2 aromatic rings. The highest BCUT2D eigenvalue weighted by Gasteiger charge is 2.47. The number of para-hydroxylation sites is 2. The Balaban J connectivity index is 1.51. The van der Waals surface area contributed by atoms with E-state index in [1.165, 1.54) is 31.3 Å². The molecule has 0 radical (unpaired) electrons. The number of urea groups is 1. The molecule has 0 bridgehead atoms. The number of carbonyl (C=O) groups is 6. The van der Waals surface area contributed by atoms with Gasteiger partial charge < -0.3 is 10.1 Å². The summed E-state index contributed by atoms with van der Waals surface area (Å²) in [5.41, 5.74) is 0.623. The van der Waals surface area contributed by atoms with Gasteiger partial charge in [0, 0.05) is 12.7 Å². The van der Waals surface area contributed by atoms with E-state index in [0.29, 0.717) is 9.80 Å². The van der Waals surface area contributed by atoms with E-state index in [-0.39, 0.29) is 34.9 Å². The van der Waals surface area contributed by atoms with E-state index in [2.05, 4.69) is 5.32 Å². The van der Waals surface area contributed by atoms with E-state index in [1.54, 1.807) is 25.1 Å². The van der Waals surface area contributed by atoms with E-state index < -0.39 is 42.1 Å². The van der Waals surface area contributed by atoms with Crippen LogP contribution in [-0.2, 0) is 14.4 Å². The minimum absolute atomic E-state index is 0.0940. The van der Waals surface area contributed by atoms with Crippen molar-refractivity contribution in [2.45, 2.75) is 6.92 Å². The highest BCUT2D eigenvalue weighted by Crippen LogP contribution is 2.32. The van der Waals surface area contributed by atoms with E-state index in [0.717, 1.165) is 4.90 Å². The predicted molar refractivity (Wildman–Crippen MR) is 114 cm³/mol. The normalized spacial score (nSPS) is 15.5. The summed E-state index contributed by atoms with van der Waals surface area (Å²) in [6.07, 6.45) is 0. The van der Waals surface area contributed by atoms with Crippen LogP contribution in [0.4, 0.5) is 16.2 Å². The maximum Gasteiger partial charge on any atom is 0.339 e. The summed E-state index contributed by atoms with van der Waals surface area (Å²) in [4.78, 5) is 76.5. The SMILES string of the molecule is CCOc1ccccc1N1C(=O)C(=O)N(CC(=O)Nc2ccc3c(c2)C(=O)N(C)C3=O)C1=O. The molecule has 0 aromatic heterocycles. The second-order valence-electron chi connectivity index (χ2n) is 7.19. The quantitative estimate of drug-likeness (QED) is 0.398. The lowest BCUT2D eigenvalue weighted by Crippen LogP contribution is -2.39. The molecule has 33 heavy (non-hydrogen) atoms. The number of ether oxygens (including phenoxy) is 1. The van der Waals surface area contributed by atoms with Gasteiger partial charge in [0.2, 0.25) is 5.91 Å². The molecule has 0 aliphatic carbocycles. The maximum absolute atomic E-state index is 12.8. The van der Waals surface area contributed by atoms with Crippen LogP contribution in [0.3, 0.4) is 0 Å². The van der Waals surface area contributed by atoms with Crippen LogP contribution in [0.25, 0.3) is 0 Å². The Morgan fingerprint density at radius 2 is 1.61 bits per heavy atom. The summed E-state index contributed by atoms with van der Waals surface area (Å²) in [6, 6.07) is 9.41. The van der Waals surface area contributed by atoms with Crippen molar-refractivity contribution in [3.63, 3.8) is 0 Å². The third-order valence-electron chi connectivity index (χ3n) is 5.13. The first-order chi connectivity index (χ1) is 15.7. The van der Waals surface area contributed by atoms with Crippen molar-refractivity contribution in [2.75, 3.05) is 30.4 Å². The first-order valence-corrected chi connectivity index (χ1v) is 9.92. The Labute approximate surface area is 187 Å². The minimum Gasteiger partial charge on any atom is -0.492 e. The molecular weight excluding hydrogens is 432 g/mol. The van der Waals surface area contributed by atoms with Crippen LogP contribution in [0.5, 0.6) is 5.75 Å². The molecule has 11 nitrogen and oxygen atoms in total. The number of hydrogen-bond donors (Lipinski definition) is 1. The second-order valence-corrected chi connectivity index (χ2v) is 7.19. The molecule has 1 fully saturated rings. The molecular formula is C22H18N4O7. The number of anilines is 2. The number of fused-ring (bicyclic) bond motifs is 1. The van der Waals surface area contributed by atoms with Crippen LogP contribution >= 0.6 is 0 Å². The van der Waals surface area contributed by atoms with Gasteiger partial charge in [-0.1, -0.05) is 12.1 Å². The molecule has 0 saturated carbocycles. The topological polar surface area (TPSA) is 133 Å². The zero-order valence-electron chi connectivity index (χ0n) is 17.7. The lowest BCUT2D eigenvalue weighted by atomic mass is 10.1. The largest absolute Gasteiger partial charge is 0.492 e. The van der Waals surface area contributed by atoms with Crippen molar-refractivity contribution in [1.82, 2.24) is 9.80 Å². The fraction of sp³-hybridized carbons (Fsp3) is 0.182. The third kappa shape index (κ3) is 3.59. The first-order valence-electron chi connectivity index (χ1n) is 9.92. The van der Waals surface area contributed by atoms with Crippen molar-refractivity contribution >= 4 is 46.9 Å². The summed E-state index contributed by atoms with van der Waals surface area (Å²) in [5.74, 6) is -3.75. The molecule has 4 rings (SSSR count). The number of imide groups is 3. The molecule has 2 aliphatic rings. The van der Waals surface area contributed by atoms with Gasteiger partial charge in [0.15, 0.2) is 0 Å². The van der Waals surface area contributed by atoms with Gasteiger partial charge in [0.1, 0.15) is 12.3 Å². The minimum atomic E-state index is -1.15. The van der Waals surface area contributed by atoms with Crippen molar-refractivity contribution in [3.05, 3.63) is 53.6 Å². The molecule has 168 valence electrons. The van der Waals surface area contributed by atoms with Crippen molar-refractivity contribution in [3.8, 4) is 5.75 Å². The van der Waals surface area contributed by atoms with Gasteiger partial charge in [-0.15, -0.1) is 0 Å². The third-order valence-corrected chi connectivity index (χ3v) is 5.13. The van der Waals surface area contributed by atoms with Gasteiger partial charge in [-0.3, -0.25) is 28.9 Å². The van der Waals surface area contributed by atoms with E-state index in [9.17, 15) is 28.8 Å². The van der Waals surface area contributed by atoms with Gasteiger partial charge >= 0.3 is 17.8 Å². The standard InChI is InChI=1S/C22H18N4O7/c1-3-33-16-7-5-4-6-15(16)26-21(31)20(30)25(22(26)32)11-17(27)23-12-8-9-13-14(10-12)19(29)24(2)18(13)28/h4-10H,3,11H2,1-2H3,(H,23,27). The number of carbonyl (C=O) groups excluding carboxylic acids is 6. The van der Waals surface area contributed by atoms with Gasteiger partial charge in [0.05, 0.1) is 23.4 Å². The number of nitrogens with one attached hydrogen (secondary N) is 1. The molecule has 11 heteroatoms. The van der Waals surface area contributed by atoms with E-state index in [4.69, 9.17) is 4.74 Å². The number of hydrogen-bond acceptors (Lipinski definition) is 7. The Hall–Kier alpha value is -4.54. The van der Waals surface area contributed by atoms with Crippen LogP contribution in [0.1, 0.15) is 27.6 Å². The van der Waals surface area contributed by atoms with Crippen LogP contribution in [0, 0.1) is 0 Å². The molecule has 1 N–H and O–H groups in total. The van der Waals surface area contributed by atoms with Crippen molar-refractivity contribution in [2.24, 2.45) is 0 Å². The highest BCUT2D eigenvalue weighted by molar-refractivity contribution is 6.53. The smallest absolute Gasteiger partial charge is 0.339 e. The summed E-state index contributed by atoms with van der Waals surface area (Å²) < 4.78 is 5.43. The zero-order valence-corrected chi connectivity index (χ0v) is 17.7. The Morgan fingerprint density at radius 3 is 2.33 bits per heavy atom. The molecule has 0 unspecified atom stereocenters. The van der Waals surface area contributed by atoms with Crippen LogP contribution in [-0.4, -0.2) is 65.6 Å². The maximum atomic E-state index is 12.8. The molecule has 2 aliphatic heterocycles. The summed E-state index contributed by atoms with van der Waals surface area (Å²) >= 11 is 0. The lowest BCUT2D eigenvalue weighted by molar-refractivity contribution is -0.140. The number of rotatable bonds is 6. The fourth-order valence-corrected chi connectivity index (χ4v) is 3.56. The molecule has 2 aromatic carbocycles. The van der Waals surface area contributed by atoms with E-state index >= 15 is 0 Å². The van der Waals surface area contributed by atoms with Crippen molar-refractivity contribution < 1.29 is 33.5 Å². The highest BCUT2D eigenvalue weighted by atomic mass is 16.5. The van der Waals surface area contributed by atoms with Gasteiger partial charge in [0.25, 0.3) is 11.8 Å². The Kier molecular flexibility index (Phi) is 5.38. The van der Waals surface area contributed by atoms with Gasteiger partial charge in [-0.25, -0.2) is 14.6 Å².